The lowest BCUT2D eigenvalue weighted by molar-refractivity contribution is -0.0442. The van der Waals surface area contributed by atoms with E-state index in [1.165, 1.54) is 0 Å². The van der Waals surface area contributed by atoms with Crippen molar-refractivity contribution in [2.45, 2.75) is 50.5 Å². The lowest BCUT2D eigenvalue weighted by Crippen LogP contribution is -2.42. The molecule has 0 aromatic rings. The van der Waals surface area contributed by atoms with E-state index >= 15 is 0 Å². The number of likely N-dealkylation sites (tertiary alicyclic amines) is 1. The maximum atomic E-state index is 10.2. The van der Waals surface area contributed by atoms with Crippen molar-refractivity contribution in [3.63, 3.8) is 0 Å². The highest BCUT2D eigenvalue weighted by atomic mass is 16.3. The topological polar surface area (TPSA) is 69.7 Å². The molecule has 1 saturated carbocycles. The molecule has 0 aromatic heterocycles. The van der Waals surface area contributed by atoms with Crippen LogP contribution in [0.15, 0.2) is 0 Å². The van der Waals surface area contributed by atoms with E-state index in [0.29, 0.717) is 18.5 Å². The van der Waals surface area contributed by atoms with Crippen LogP contribution in [0.25, 0.3) is 0 Å². The van der Waals surface area contributed by atoms with Gasteiger partial charge in [-0.1, -0.05) is 0 Å². The summed E-state index contributed by atoms with van der Waals surface area (Å²) in [5.41, 5.74) is 5.84. The van der Waals surface area contributed by atoms with E-state index in [-0.39, 0.29) is 12.3 Å². The fraction of sp³-hybridized carbons (Fsp3) is 1.00. The summed E-state index contributed by atoms with van der Waals surface area (Å²) in [5.74, 6) is 0.357. The lowest BCUT2D eigenvalue weighted by Gasteiger charge is -2.34. The molecule has 0 spiro atoms. The highest BCUT2D eigenvalue weighted by Gasteiger charge is 2.32. The zero-order valence-corrected chi connectivity index (χ0v) is 9.18. The number of hydrogen-bond acceptors (Lipinski definition) is 4. The fourth-order valence-electron chi connectivity index (χ4n) is 2.75. The molecule has 1 heterocycles. The standard InChI is InChI=1S/C11H22N2O2/c12-9-3-1-8(2-4-9)11(15)13-6-5-10(14)7-13/h8-11,14-15H,1-7,12H2. The number of β-amino-alcohol motifs (C(OH)–C–C–N with tert-alkyl or cyclic N) is 1. The molecule has 15 heavy (non-hydrogen) atoms. The highest BCUT2D eigenvalue weighted by molar-refractivity contribution is 4.83. The van der Waals surface area contributed by atoms with Gasteiger partial charge in [-0.15, -0.1) is 0 Å². The molecule has 0 amide bonds. The minimum atomic E-state index is -0.366. The average Bonchev–Trinajstić information content (AvgIpc) is 2.65. The first-order chi connectivity index (χ1) is 7.16. The van der Waals surface area contributed by atoms with Crippen molar-refractivity contribution >= 4 is 0 Å². The van der Waals surface area contributed by atoms with Gasteiger partial charge in [-0.05, 0) is 38.0 Å². The van der Waals surface area contributed by atoms with Crippen molar-refractivity contribution in [3.05, 3.63) is 0 Å². The van der Waals surface area contributed by atoms with Gasteiger partial charge in [-0.3, -0.25) is 4.90 Å². The van der Waals surface area contributed by atoms with Crippen molar-refractivity contribution in [1.29, 1.82) is 0 Å². The van der Waals surface area contributed by atoms with Gasteiger partial charge in [0.1, 0.15) is 6.23 Å². The molecule has 4 N–H and O–H groups in total. The molecular formula is C11H22N2O2. The monoisotopic (exact) mass is 214 g/mol. The van der Waals surface area contributed by atoms with Crippen molar-refractivity contribution in [2.24, 2.45) is 11.7 Å². The lowest BCUT2D eigenvalue weighted by atomic mass is 9.85. The molecule has 0 radical (unpaired) electrons. The Bertz CT molecular complexity index is 205. The normalized spacial score (nSPS) is 40.6. The molecule has 88 valence electrons. The quantitative estimate of drug-likeness (QED) is 0.600. The fourth-order valence-corrected chi connectivity index (χ4v) is 2.75. The first-order valence-corrected chi connectivity index (χ1v) is 6.02. The summed E-state index contributed by atoms with van der Waals surface area (Å²) in [6.07, 6.45) is 4.28. The third-order valence-corrected chi connectivity index (χ3v) is 3.81. The van der Waals surface area contributed by atoms with E-state index in [1.54, 1.807) is 0 Å². The molecule has 2 unspecified atom stereocenters. The van der Waals surface area contributed by atoms with E-state index in [9.17, 15) is 10.2 Å². The number of nitrogens with two attached hydrogens (primary N) is 1. The van der Waals surface area contributed by atoms with Gasteiger partial charge in [0.05, 0.1) is 6.10 Å². The molecule has 1 aliphatic carbocycles. The molecule has 2 aliphatic rings. The highest BCUT2D eigenvalue weighted by Crippen LogP contribution is 2.29. The molecule has 4 nitrogen and oxygen atoms in total. The summed E-state index contributed by atoms with van der Waals surface area (Å²) in [6.45, 7) is 1.45. The number of aliphatic hydroxyl groups excluding tert-OH is 2. The van der Waals surface area contributed by atoms with Crippen molar-refractivity contribution in [1.82, 2.24) is 4.90 Å². The number of aliphatic hydroxyl groups is 2. The minimum absolute atomic E-state index is 0.245. The first-order valence-electron chi connectivity index (χ1n) is 6.02. The summed E-state index contributed by atoms with van der Waals surface area (Å²) in [4.78, 5) is 2.01. The Labute approximate surface area is 91.1 Å². The molecule has 2 atom stereocenters. The zero-order chi connectivity index (χ0) is 10.8. The third-order valence-electron chi connectivity index (χ3n) is 3.81. The van der Waals surface area contributed by atoms with Crippen LogP contribution >= 0.6 is 0 Å². The third kappa shape index (κ3) is 2.69. The van der Waals surface area contributed by atoms with Crippen LogP contribution in [0.5, 0.6) is 0 Å². The average molecular weight is 214 g/mol. The van der Waals surface area contributed by atoms with Crippen molar-refractivity contribution in [2.75, 3.05) is 13.1 Å². The predicted molar refractivity (Wildman–Crippen MR) is 58.1 cm³/mol. The molecule has 0 bridgehead atoms. The zero-order valence-electron chi connectivity index (χ0n) is 9.18. The summed E-state index contributed by atoms with van der Waals surface area (Å²) in [5, 5.41) is 19.6. The van der Waals surface area contributed by atoms with Crippen LogP contribution in [0.3, 0.4) is 0 Å². The summed E-state index contributed by atoms with van der Waals surface area (Å²) >= 11 is 0. The summed E-state index contributed by atoms with van der Waals surface area (Å²) in [6, 6.07) is 0.331. The van der Waals surface area contributed by atoms with Gasteiger partial charge in [0.25, 0.3) is 0 Å². The van der Waals surface area contributed by atoms with Gasteiger partial charge in [0, 0.05) is 19.1 Å². The molecule has 1 saturated heterocycles. The van der Waals surface area contributed by atoms with Crippen LogP contribution in [0.4, 0.5) is 0 Å². The van der Waals surface area contributed by atoms with Gasteiger partial charge < -0.3 is 15.9 Å². The number of rotatable bonds is 2. The Morgan fingerprint density at radius 2 is 1.80 bits per heavy atom. The second kappa shape index (κ2) is 4.78. The van der Waals surface area contributed by atoms with Crippen LogP contribution in [0, 0.1) is 5.92 Å². The van der Waals surface area contributed by atoms with E-state index in [0.717, 1.165) is 38.6 Å². The van der Waals surface area contributed by atoms with E-state index in [2.05, 4.69) is 0 Å². The van der Waals surface area contributed by atoms with Crippen molar-refractivity contribution < 1.29 is 10.2 Å². The number of hydrogen-bond donors (Lipinski definition) is 3. The molecule has 4 heteroatoms. The summed E-state index contributed by atoms with van der Waals surface area (Å²) in [7, 11) is 0. The molecule has 0 aromatic carbocycles. The Hall–Kier alpha value is -0.160. The Kier molecular flexibility index (Phi) is 3.61. The molecular weight excluding hydrogens is 192 g/mol. The van der Waals surface area contributed by atoms with Crippen LogP contribution in [0.2, 0.25) is 0 Å². The first kappa shape index (κ1) is 11.3. The van der Waals surface area contributed by atoms with Gasteiger partial charge in [-0.2, -0.15) is 0 Å². The van der Waals surface area contributed by atoms with Gasteiger partial charge in [0.2, 0.25) is 0 Å². The van der Waals surface area contributed by atoms with Gasteiger partial charge in [-0.25, -0.2) is 0 Å². The Morgan fingerprint density at radius 3 is 2.33 bits per heavy atom. The van der Waals surface area contributed by atoms with E-state index in [4.69, 9.17) is 5.73 Å². The minimum Gasteiger partial charge on any atom is -0.392 e. The van der Waals surface area contributed by atoms with Crippen LogP contribution in [0.1, 0.15) is 32.1 Å². The largest absolute Gasteiger partial charge is 0.392 e. The Balaban J connectivity index is 1.82. The molecule has 1 aliphatic heterocycles. The molecule has 2 rings (SSSR count). The predicted octanol–water partition coefficient (Wildman–Crippen LogP) is -0.111. The second-order valence-electron chi connectivity index (χ2n) is 5.03. The van der Waals surface area contributed by atoms with E-state index in [1.807, 2.05) is 4.90 Å². The number of nitrogens with zero attached hydrogens (tertiary/aromatic N) is 1. The van der Waals surface area contributed by atoms with Crippen LogP contribution in [-0.4, -0.2) is 46.6 Å². The van der Waals surface area contributed by atoms with Gasteiger partial charge >= 0.3 is 0 Å². The second-order valence-corrected chi connectivity index (χ2v) is 5.03. The maximum Gasteiger partial charge on any atom is 0.110 e. The Morgan fingerprint density at radius 1 is 1.13 bits per heavy atom. The van der Waals surface area contributed by atoms with Crippen LogP contribution < -0.4 is 5.73 Å². The molecule has 2 fully saturated rings. The van der Waals surface area contributed by atoms with Crippen LogP contribution in [-0.2, 0) is 0 Å². The SMILES string of the molecule is NC1CCC(C(O)N2CCC(O)C2)CC1. The van der Waals surface area contributed by atoms with E-state index < -0.39 is 0 Å². The van der Waals surface area contributed by atoms with Gasteiger partial charge in [0.15, 0.2) is 0 Å². The summed E-state index contributed by atoms with van der Waals surface area (Å²) < 4.78 is 0. The smallest absolute Gasteiger partial charge is 0.110 e. The maximum absolute atomic E-state index is 10.2. The van der Waals surface area contributed by atoms with Crippen molar-refractivity contribution in [3.8, 4) is 0 Å².